The highest BCUT2D eigenvalue weighted by atomic mass is 35.5. The highest BCUT2D eigenvalue weighted by Gasteiger charge is 2.30. The molecule has 3 rings (SSSR count). The van der Waals surface area contributed by atoms with Gasteiger partial charge in [-0.3, -0.25) is 4.79 Å². The van der Waals surface area contributed by atoms with Crippen molar-refractivity contribution in [2.75, 3.05) is 19.6 Å². The van der Waals surface area contributed by atoms with Crippen LogP contribution in [0.15, 0.2) is 18.2 Å². The molecular weight excluding hydrogens is 308 g/mol. The van der Waals surface area contributed by atoms with Gasteiger partial charge in [-0.1, -0.05) is 18.2 Å². The number of halogens is 1. The third-order valence-electron chi connectivity index (χ3n) is 5.42. The monoisotopic (exact) mass is 336 g/mol. The van der Waals surface area contributed by atoms with Crippen LogP contribution in [0.3, 0.4) is 0 Å². The largest absolute Gasteiger partial charge is 0.336 e. The number of carbonyl (C=O) groups excluding carboxylic acids is 1. The number of benzene rings is 1. The van der Waals surface area contributed by atoms with E-state index in [1.54, 1.807) is 0 Å². The van der Waals surface area contributed by atoms with Crippen LogP contribution in [0.2, 0.25) is 0 Å². The van der Waals surface area contributed by atoms with Gasteiger partial charge in [0.15, 0.2) is 0 Å². The van der Waals surface area contributed by atoms with E-state index in [2.05, 4.69) is 42.3 Å². The zero-order valence-electron chi connectivity index (χ0n) is 14.3. The van der Waals surface area contributed by atoms with Crippen LogP contribution in [-0.2, 0) is 4.79 Å². The standard InChI is InChI=1S/C19H28N2O.ClH/c1-14-5-7-17(12-15(14)2)18-4-3-11-21(18)19(22)8-6-16-9-10-20-13-16;/h5,7,12,16,18,20H,3-4,6,8-11,13H2,1-2H3;1H. The van der Waals surface area contributed by atoms with E-state index in [1.807, 2.05) is 0 Å². The number of nitrogens with zero attached hydrogens (tertiary/aromatic N) is 1. The third-order valence-corrected chi connectivity index (χ3v) is 5.42. The Balaban J connectivity index is 0.00000192. The van der Waals surface area contributed by atoms with Gasteiger partial charge >= 0.3 is 0 Å². The van der Waals surface area contributed by atoms with E-state index in [0.29, 0.717) is 24.3 Å². The molecule has 23 heavy (non-hydrogen) atoms. The van der Waals surface area contributed by atoms with E-state index < -0.39 is 0 Å². The Kier molecular flexibility index (Phi) is 6.49. The molecule has 2 aliphatic heterocycles. The lowest BCUT2D eigenvalue weighted by Gasteiger charge is -2.26. The molecule has 2 aliphatic rings. The summed E-state index contributed by atoms with van der Waals surface area (Å²) in [5.41, 5.74) is 3.97. The smallest absolute Gasteiger partial charge is 0.223 e. The van der Waals surface area contributed by atoms with Gasteiger partial charge in [0, 0.05) is 13.0 Å². The molecule has 0 bridgehead atoms. The van der Waals surface area contributed by atoms with Gasteiger partial charge in [-0.25, -0.2) is 0 Å². The number of carbonyl (C=O) groups is 1. The molecule has 0 aromatic heterocycles. The number of aryl methyl sites for hydroxylation is 2. The highest BCUT2D eigenvalue weighted by molar-refractivity contribution is 5.85. The van der Waals surface area contributed by atoms with E-state index in [-0.39, 0.29) is 12.4 Å². The summed E-state index contributed by atoms with van der Waals surface area (Å²) >= 11 is 0. The van der Waals surface area contributed by atoms with Crippen molar-refractivity contribution in [1.29, 1.82) is 0 Å². The second kappa shape index (κ2) is 8.16. The summed E-state index contributed by atoms with van der Waals surface area (Å²) in [7, 11) is 0. The number of hydrogen-bond acceptors (Lipinski definition) is 2. The second-order valence-corrected chi connectivity index (χ2v) is 6.99. The van der Waals surface area contributed by atoms with E-state index in [9.17, 15) is 4.79 Å². The van der Waals surface area contributed by atoms with Crippen molar-refractivity contribution in [2.24, 2.45) is 5.92 Å². The van der Waals surface area contributed by atoms with Crippen LogP contribution in [0.4, 0.5) is 0 Å². The van der Waals surface area contributed by atoms with Crippen LogP contribution < -0.4 is 5.32 Å². The first-order chi connectivity index (χ1) is 10.6. The van der Waals surface area contributed by atoms with Gasteiger partial charge in [0.1, 0.15) is 0 Å². The zero-order chi connectivity index (χ0) is 15.5. The Bertz CT molecular complexity index is 540. The molecule has 2 fully saturated rings. The molecule has 2 heterocycles. The minimum Gasteiger partial charge on any atom is -0.336 e. The number of hydrogen-bond donors (Lipinski definition) is 1. The SMILES string of the molecule is Cc1ccc(C2CCCN2C(=O)CCC2CCNC2)cc1C.Cl. The van der Waals surface area contributed by atoms with Gasteiger partial charge in [-0.2, -0.15) is 0 Å². The van der Waals surface area contributed by atoms with Crippen molar-refractivity contribution in [2.45, 2.75) is 52.0 Å². The van der Waals surface area contributed by atoms with Gasteiger partial charge in [0.2, 0.25) is 5.91 Å². The van der Waals surface area contributed by atoms with E-state index in [1.165, 1.54) is 23.1 Å². The highest BCUT2D eigenvalue weighted by Crippen LogP contribution is 2.33. The van der Waals surface area contributed by atoms with Crippen molar-refractivity contribution in [3.8, 4) is 0 Å². The summed E-state index contributed by atoms with van der Waals surface area (Å²) in [6.07, 6.45) is 5.23. The van der Waals surface area contributed by atoms with Crippen molar-refractivity contribution in [3.63, 3.8) is 0 Å². The van der Waals surface area contributed by atoms with Crippen molar-refractivity contribution >= 4 is 18.3 Å². The van der Waals surface area contributed by atoms with Crippen LogP contribution in [0, 0.1) is 19.8 Å². The summed E-state index contributed by atoms with van der Waals surface area (Å²) in [5.74, 6) is 1.05. The first-order valence-electron chi connectivity index (χ1n) is 8.72. The molecule has 0 saturated carbocycles. The molecule has 1 N–H and O–H groups in total. The molecule has 0 radical (unpaired) electrons. The molecule has 2 unspecified atom stereocenters. The van der Waals surface area contributed by atoms with Crippen LogP contribution in [-0.4, -0.2) is 30.4 Å². The maximum atomic E-state index is 12.6. The Morgan fingerprint density at radius 1 is 1.26 bits per heavy atom. The van der Waals surface area contributed by atoms with Gasteiger partial charge < -0.3 is 10.2 Å². The first-order valence-corrected chi connectivity index (χ1v) is 8.72. The predicted molar refractivity (Wildman–Crippen MR) is 97.1 cm³/mol. The second-order valence-electron chi connectivity index (χ2n) is 6.99. The fraction of sp³-hybridized carbons (Fsp3) is 0.632. The van der Waals surface area contributed by atoms with E-state index in [0.717, 1.165) is 38.9 Å². The Hall–Kier alpha value is -1.06. The fourth-order valence-electron chi connectivity index (χ4n) is 3.82. The lowest BCUT2D eigenvalue weighted by atomic mass is 9.98. The minimum atomic E-state index is 0. The number of nitrogens with one attached hydrogen (secondary N) is 1. The number of rotatable bonds is 4. The quantitative estimate of drug-likeness (QED) is 0.907. The molecule has 0 spiro atoms. The first kappa shape index (κ1) is 18.3. The Morgan fingerprint density at radius 3 is 2.78 bits per heavy atom. The molecule has 1 aromatic rings. The Morgan fingerprint density at radius 2 is 2.09 bits per heavy atom. The lowest BCUT2D eigenvalue weighted by Crippen LogP contribution is -2.30. The maximum Gasteiger partial charge on any atom is 0.223 e. The third kappa shape index (κ3) is 4.27. The minimum absolute atomic E-state index is 0. The average molecular weight is 337 g/mol. The van der Waals surface area contributed by atoms with Gasteiger partial charge in [-0.05, 0) is 75.2 Å². The van der Waals surface area contributed by atoms with Crippen LogP contribution in [0.1, 0.15) is 54.8 Å². The maximum absolute atomic E-state index is 12.6. The van der Waals surface area contributed by atoms with Gasteiger partial charge in [0.25, 0.3) is 0 Å². The Labute approximate surface area is 146 Å². The van der Waals surface area contributed by atoms with Crippen molar-refractivity contribution in [3.05, 3.63) is 34.9 Å². The summed E-state index contributed by atoms with van der Waals surface area (Å²) in [5, 5.41) is 3.39. The predicted octanol–water partition coefficient (Wildman–Crippen LogP) is 3.78. The van der Waals surface area contributed by atoms with Crippen LogP contribution >= 0.6 is 12.4 Å². The molecule has 0 aliphatic carbocycles. The molecule has 128 valence electrons. The van der Waals surface area contributed by atoms with Crippen molar-refractivity contribution in [1.82, 2.24) is 10.2 Å². The fourth-order valence-corrected chi connectivity index (χ4v) is 3.82. The summed E-state index contributed by atoms with van der Waals surface area (Å²) in [4.78, 5) is 14.8. The van der Waals surface area contributed by atoms with Crippen LogP contribution in [0.5, 0.6) is 0 Å². The zero-order valence-corrected chi connectivity index (χ0v) is 15.1. The normalized spacial score (nSPS) is 23.8. The lowest BCUT2D eigenvalue weighted by molar-refractivity contribution is -0.132. The van der Waals surface area contributed by atoms with E-state index >= 15 is 0 Å². The number of likely N-dealkylation sites (tertiary alicyclic amines) is 1. The summed E-state index contributed by atoms with van der Waals surface area (Å²) in [6.45, 7) is 7.44. The van der Waals surface area contributed by atoms with Gasteiger partial charge in [-0.15, -0.1) is 12.4 Å². The molecule has 1 amide bonds. The molecule has 4 heteroatoms. The van der Waals surface area contributed by atoms with Crippen LogP contribution in [0.25, 0.3) is 0 Å². The molecule has 3 nitrogen and oxygen atoms in total. The molecular formula is C19H29ClN2O. The molecule has 2 saturated heterocycles. The van der Waals surface area contributed by atoms with Gasteiger partial charge in [0.05, 0.1) is 6.04 Å². The topological polar surface area (TPSA) is 32.3 Å². The van der Waals surface area contributed by atoms with Crippen molar-refractivity contribution < 1.29 is 4.79 Å². The average Bonchev–Trinajstić information content (AvgIpc) is 3.18. The summed E-state index contributed by atoms with van der Waals surface area (Å²) < 4.78 is 0. The number of amides is 1. The molecule has 1 aromatic carbocycles. The molecule has 2 atom stereocenters. The summed E-state index contributed by atoms with van der Waals surface area (Å²) in [6, 6.07) is 6.97. The van der Waals surface area contributed by atoms with E-state index in [4.69, 9.17) is 0 Å².